The predicted molar refractivity (Wildman–Crippen MR) is 97.3 cm³/mol. The van der Waals surface area contributed by atoms with Gasteiger partial charge in [-0.2, -0.15) is 0 Å². The Balaban J connectivity index is 2.09. The third kappa shape index (κ3) is 4.62. The van der Waals surface area contributed by atoms with Crippen molar-refractivity contribution >= 4 is 21.9 Å². The van der Waals surface area contributed by atoms with Gasteiger partial charge in [-0.05, 0) is 49.9 Å². The highest BCUT2D eigenvalue weighted by atomic mass is 32.2. The molecule has 26 heavy (non-hydrogen) atoms. The van der Waals surface area contributed by atoms with Crippen molar-refractivity contribution in [2.75, 3.05) is 13.1 Å². The van der Waals surface area contributed by atoms with Crippen molar-refractivity contribution in [3.8, 4) is 0 Å². The third-order valence-corrected chi connectivity index (χ3v) is 6.50. The number of likely N-dealkylation sites (tertiary alicyclic amines) is 1. The fourth-order valence-corrected chi connectivity index (χ4v) is 4.40. The van der Waals surface area contributed by atoms with Crippen LogP contribution < -0.4 is 4.72 Å². The van der Waals surface area contributed by atoms with Crippen LogP contribution in [-0.2, 0) is 14.8 Å². The Morgan fingerprint density at radius 2 is 1.92 bits per heavy atom. The van der Waals surface area contributed by atoms with Gasteiger partial charge >= 0.3 is 5.97 Å². The second-order valence-corrected chi connectivity index (χ2v) is 8.63. The number of carboxylic acids is 1. The van der Waals surface area contributed by atoms with E-state index >= 15 is 0 Å². The van der Waals surface area contributed by atoms with Gasteiger partial charge in [0.25, 0.3) is 5.91 Å². The van der Waals surface area contributed by atoms with Crippen LogP contribution in [0.3, 0.4) is 0 Å². The smallest absolute Gasteiger partial charge is 0.306 e. The molecule has 3 atom stereocenters. The first-order valence-corrected chi connectivity index (χ1v) is 10.3. The van der Waals surface area contributed by atoms with Crippen LogP contribution in [0, 0.1) is 11.8 Å². The van der Waals surface area contributed by atoms with Gasteiger partial charge in [0, 0.05) is 24.7 Å². The van der Waals surface area contributed by atoms with E-state index in [1.54, 1.807) is 11.8 Å². The maximum absolute atomic E-state index is 12.6. The minimum atomic E-state index is -3.60. The number of nitrogens with zero attached hydrogens (tertiary/aromatic N) is 1. The Bertz CT molecular complexity index is 760. The summed E-state index contributed by atoms with van der Waals surface area (Å²) in [6, 6.07) is 5.68. The first kappa shape index (κ1) is 20.4. The molecule has 1 aromatic rings. The van der Waals surface area contributed by atoms with Crippen LogP contribution in [0.2, 0.25) is 0 Å². The fourth-order valence-electron chi connectivity index (χ4n) is 3.07. The lowest BCUT2D eigenvalue weighted by Gasteiger charge is -2.35. The summed E-state index contributed by atoms with van der Waals surface area (Å²) in [6.45, 7) is 6.27. The molecule has 2 N–H and O–H groups in total. The lowest BCUT2D eigenvalue weighted by Crippen LogP contribution is -2.45. The standard InChI is InChI=1S/C18H26N2O5S/c1-4-13(3)19-26(24,25)15-7-5-14(6-8-15)17(21)20-10-9-16(18(22)23)12(2)11-20/h5-8,12-13,16,19H,4,9-11H2,1-3H3,(H,22,23). The number of piperidine rings is 1. The minimum Gasteiger partial charge on any atom is -0.481 e. The van der Waals surface area contributed by atoms with E-state index in [1.807, 2.05) is 13.8 Å². The Kier molecular flexibility index (Phi) is 6.41. The van der Waals surface area contributed by atoms with Gasteiger partial charge in [0.15, 0.2) is 0 Å². The molecular weight excluding hydrogens is 356 g/mol. The highest BCUT2D eigenvalue weighted by Gasteiger charge is 2.33. The van der Waals surface area contributed by atoms with Crippen LogP contribution in [0.15, 0.2) is 29.2 Å². The molecule has 2 rings (SSSR count). The first-order valence-electron chi connectivity index (χ1n) is 8.80. The van der Waals surface area contributed by atoms with Gasteiger partial charge in [-0.15, -0.1) is 0 Å². The highest BCUT2D eigenvalue weighted by molar-refractivity contribution is 7.89. The number of amides is 1. The summed E-state index contributed by atoms with van der Waals surface area (Å²) >= 11 is 0. The maximum Gasteiger partial charge on any atom is 0.306 e. The normalized spacial score (nSPS) is 22.0. The number of aliphatic carboxylic acids is 1. The summed E-state index contributed by atoms with van der Waals surface area (Å²) in [5.74, 6) is -1.59. The Labute approximate surface area is 154 Å². The van der Waals surface area contributed by atoms with E-state index in [2.05, 4.69) is 4.72 Å². The van der Waals surface area contributed by atoms with Crippen LogP contribution in [0.5, 0.6) is 0 Å². The van der Waals surface area contributed by atoms with Crippen molar-refractivity contribution in [3.63, 3.8) is 0 Å². The molecule has 144 valence electrons. The molecule has 0 aromatic heterocycles. The second-order valence-electron chi connectivity index (χ2n) is 6.92. The number of carboxylic acid groups (broad SMARTS) is 1. The monoisotopic (exact) mass is 382 g/mol. The number of carbonyl (C=O) groups is 2. The summed E-state index contributed by atoms with van der Waals surface area (Å²) in [4.78, 5) is 25.5. The number of nitrogens with one attached hydrogen (secondary N) is 1. The van der Waals surface area contributed by atoms with E-state index in [0.29, 0.717) is 31.5 Å². The molecule has 1 fully saturated rings. The molecule has 0 bridgehead atoms. The summed E-state index contributed by atoms with van der Waals surface area (Å²) < 4.78 is 27.1. The molecule has 1 amide bonds. The quantitative estimate of drug-likeness (QED) is 0.783. The molecule has 8 heteroatoms. The number of hydrogen-bond acceptors (Lipinski definition) is 4. The average molecular weight is 382 g/mol. The largest absolute Gasteiger partial charge is 0.481 e. The number of hydrogen-bond donors (Lipinski definition) is 2. The molecule has 1 saturated heterocycles. The SMILES string of the molecule is CCC(C)NS(=O)(=O)c1ccc(C(=O)N2CCC(C(=O)O)C(C)C2)cc1. The van der Waals surface area contributed by atoms with Gasteiger partial charge in [0.1, 0.15) is 0 Å². The van der Waals surface area contributed by atoms with Crippen LogP contribution in [0.25, 0.3) is 0 Å². The molecule has 0 spiro atoms. The summed E-state index contributed by atoms with van der Waals surface area (Å²) in [5, 5.41) is 9.17. The molecule has 0 saturated carbocycles. The average Bonchev–Trinajstić information content (AvgIpc) is 2.60. The number of rotatable bonds is 6. The first-order chi connectivity index (χ1) is 12.2. The zero-order chi connectivity index (χ0) is 19.5. The van der Waals surface area contributed by atoms with Crippen LogP contribution in [0.4, 0.5) is 0 Å². The molecule has 1 aliphatic rings. The van der Waals surface area contributed by atoms with E-state index in [-0.39, 0.29) is 22.8 Å². The van der Waals surface area contributed by atoms with Crippen LogP contribution in [-0.4, -0.2) is 49.4 Å². The highest BCUT2D eigenvalue weighted by Crippen LogP contribution is 2.25. The molecule has 1 heterocycles. The third-order valence-electron chi connectivity index (χ3n) is 4.89. The van der Waals surface area contributed by atoms with Gasteiger partial charge < -0.3 is 10.0 Å². The summed E-state index contributed by atoms with van der Waals surface area (Å²) in [7, 11) is -3.60. The minimum absolute atomic E-state index is 0.118. The van der Waals surface area contributed by atoms with Crippen molar-refractivity contribution in [1.29, 1.82) is 0 Å². The maximum atomic E-state index is 12.6. The lowest BCUT2D eigenvalue weighted by atomic mass is 9.87. The van der Waals surface area contributed by atoms with Crippen molar-refractivity contribution in [2.24, 2.45) is 11.8 Å². The van der Waals surface area contributed by atoms with Crippen molar-refractivity contribution in [3.05, 3.63) is 29.8 Å². The lowest BCUT2D eigenvalue weighted by molar-refractivity contribution is -0.145. The Morgan fingerprint density at radius 1 is 1.31 bits per heavy atom. The molecular formula is C18H26N2O5S. The van der Waals surface area contributed by atoms with Gasteiger partial charge in [-0.1, -0.05) is 13.8 Å². The van der Waals surface area contributed by atoms with E-state index in [4.69, 9.17) is 0 Å². The Hall–Kier alpha value is -1.93. The van der Waals surface area contributed by atoms with Crippen molar-refractivity contribution in [1.82, 2.24) is 9.62 Å². The summed E-state index contributed by atoms with van der Waals surface area (Å²) in [6.07, 6.45) is 1.10. The van der Waals surface area contributed by atoms with E-state index in [1.165, 1.54) is 24.3 Å². The zero-order valence-corrected chi connectivity index (χ0v) is 16.1. The molecule has 0 aliphatic carbocycles. The van der Waals surface area contributed by atoms with Crippen LogP contribution >= 0.6 is 0 Å². The van der Waals surface area contributed by atoms with E-state index < -0.39 is 21.9 Å². The number of benzene rings is 1. The predicted octanol–water partition coefficient (Wildman–Crippen LogP) is 1.95. The number of sulfonamides is 1. The molecule has 3 unspecified atom stereocenters. The fraction of sp³-hybridized carbons (Fsp3) is 0.556. The van der Waals surface area contributed by atoms with E-state index in [9.17, 15) is 23.1 Å². The second kappa shape index (κ2) is 8.18. The topological polar surface area (TPSA) is 104 Å². The van der Waals surface area contributed by atoms with Gasteiger partial charge in [-0.25, -0.2) is 13.1 Å². The molecule has 1 aliphatic heterocycles. The Morgan fingerprint density at radius 3 is 2.42 bits per heavy atom. The zero-order valence-electron chi connectivity index (χ0n) is 15.3. The van der Waals surface area contributed by atoms with Gasteiger partial charge in [0.2, 0.25) is 10.0 Å². The molecule has 0 radical (unpaired) electrons. The van der Waals surface area contributed by atoms with E-state index in [0.717, 1.165) is 0 Å². The number of carbonyl (C=O) groups excluding carboxylic acids is 1. The van der Waals surface area contributed by atoms with Gasteiger partial charge in [0.05, 0.1) is 10.8 Å². The summed E-state index contributed by atoms with van der Waals surface area (Å²) in [5.41, 5.74) is 0.397. The van der Waals surface area contributed by atoms with Gasteiger partial charge in [-0.3, -0.25) is 9.59 Å². The molecule has 7 nitrogen and oxygen atoms in total. The van der Waals surface area contributed by atoms with Crippen molar-refractivity contribution in [2.45, 2.75) is 44.6 Å². The molecule has 1 aromatic carbocycles. The van der Waals surface area contributed by atoms with Crippen molar-refractivity contribution < 1.29 is 23.1 Å². The van der Waals surface area contributed by atoms with Crippen LogP contribution in [0.1, 0.15) is 44.0 Å².